The molecule has 1 aliphatic heterocycles. The summed E-state index contributed by atoms with van der Waals surface area (Å²) in [7, 11) is 0. The second-order valence-electron chi connectivity index (χ2n) is 5.74. The minimum absolute atomic E-state index is 0.0389. The fourth-order valence-corrected chi connectivity index (χ4v) is 2.50. The molecule has 118 valence electrons. The van der Waals surface area contributed by atoms with Gasteiger partial charge in [0, 0.05) is 19.0 Å². The Balaban J connectivity index is 1.74. The third-order valence-electron chi connectivity index (χ3n) is 3.72. The summed E-state index contributed by atoms with van der Waals surface area (Å²) in [5.41, 5.74) is 5.19. The molecule has 0 bridgehead atoms. The molecule has 0 spiro atoms. The number of hydrogen-bond donors (Lipinski definition) is 1. The van der Waals surface area contributed by atoms with E-state index in [2.05, 4.69) is 20.2 Å². The second kappa shape index (κ2) is 5.74. The van der Waals surface area contributed by atoms with Gasteiger partial charge in [0.05, 0.1) is 6.04 Å². The molecule has 0 aromatic carbocycles. The van der Waals surface area contributed by atoms with Gasteiger partial charge in [0.2, 0.25) is 5.82 Å². The van der Waals surface area contributed by atoms with Crippen molar-refractivity contribution in [2.24, 2.45) is 5.73 Å². The summed E-state index contributed by atoms with van der Waals surface area (Å²) >= 11 is 0. The molecule has 1 aliphatic rings. The molecule has 0 aliphatic carbocycles. The number of nitrogens with two attached hydrogens (primary N) is 1. The number of amides is 1. The molecule has 1 amide bonds. The van der Waals surface area contributed by atoms with Crippen molar-refractivity contribution in [3.05, 3.63) is 18.0 Å². The first-order chi connectivity index (χ1) is 10.5. The van der Waals surface area contributed by atoms with E-state index >= 15 is 0 Å². The lowest BCUT2D eigenvalue weighted by atomic mass is 10.1. The van der Waals surface area contributed by atoms with Crippen LogP contribution < -0.4 is 10.6 Å². The van der Waals surface area contributed by atoms with Crippen LogP contribution in [0, 0.1) is 0 Å². The second-order valence-corrected chi connectivity index (χ2v) is 5.74. The molecule has 0 radical (unpaired) electrons. The first-order valence-corrected chi connectivity index (χ1v) is 7.34. The van der Waals surface area contributed by atoms with Gasteiger partial charge >= 0.3 is 6.01 Å². The molecule has 22 heavy (non-hydrogen) atoms. The van der Waals surface area contributed by atoms with Crippen LogP contribution in [0.1, 0.15) is 55.1 Å². The van der Waals surface area contributed by atoms with Crippen LogP contribution in [0.5, 0.6) is 0 Å². The predicted molar refractivity (Wildman–Crippen MR) is 77.4 cm³/mol. The van der Waals surface area contributed by atoms with Gasteiger partial charge in [0.15, 0.2) is 5.82 Å². The zero-order valence-corrected chi connectivity index (χ0v) is 12.6. The summed E-state index contributed by atoms with van der Waals surface area (Å²) in [5, 5.41) is 8.12. The van der Waals surface area contributed by atoms with Crippen LogP contribution in [0.2, 0.25) is 0 Å². The molecule has 3 rings (SSSR count). The first-order valence-electron chi connectivity index (χ1n) is 7.34. The van der Waals surface area contributed by atoms with Crippen molar-refractivity contribution < 1.29 is 9.32 Å². The van der Waals surface area contributed by atoms with Crippen LogP contribution in [-0.2, 0) is 0 Å². The van der Waals surface area contributed by atoms with E-state index in [1.165, 1.54) is 0 Å². The molecule has 9 nitrogen and oxygen atoms in total. The van der Waals surface area contributed by atoms with E-state index in [1.54, 1.807) is 11.0 Å². The van der Waals surface area contributed by atoms with Gasteiger partial charge in [-0.2, -0.15) is 4.98 Å². The van der Waals surface area contributed by atoms with Gasteiger partial charge in [-0.05, 0) is 12.8 Å². The highest BCUT2D eigenvalue weighted by Crippen LogP contribution is 2.25. The SMILES string of the molecule is CC(C)c1noc(N2CCCC(n3cnc(C(N)=O)n3)C2)n1. The van der Waals surface area contributed by atoms with Gasteiger partial charge in [-0.15, -0.1) is 5.10 Å². The average molecular weight is 305 g/mol. The molecular formula is C13H19N7O2. The Kier molecular flexibility index (Phi) is 3.78. The minimum Gasteiger partial charge on any atom is -0.363 e. The lowest BCUT2D eigenvalue weighted by molar-refractivity contribution is 0.0990. The highest BCUT2D eigenvalue weighted by molar-refractivity contribution is 5.88. The summed E-state index contributed by atoms with van der Waals surface area (Å²) in [6, 6.07) is 0.632. The molecule has 3 heterocycles. The van der Waals surface area contributed by atoms with E-state index in [0.29, 0.717) is 18.4 Å². The molecule has 2 N–H and O–H groups in total. The van der Waals surface area contributed by atoms with Gasteiger partial charge in [-0.1, -0.05) is 19.0 Å². The Morgan fingerprint density at radius 2 is 2.32 bits per heavy atom. The summed E-state index contributed by atoms with van der Waals surface area (Å²) < 4.78 is 7.02. The van der Waals surface area contributed by atoms with Crippen molar-refractivity contribution in [3.8, 4) is 0 Å². The number of hydrogen-bond acceptors (Lipinski definition) is 7. The first kappa shape index (κ1) is 14.5. The Hall–Kier alpha value is -2.45. The summed E-state index contributed by atoms with van der Waals surface area (Å²) in [6.07, 6.45) is 3.46. The normalized spacial score (nSPS) is 18.9. The molecule has 2 aromatic rings. The Bertz CT molecular complexity index is 663. The van der Waals surface area contributed by atoms with Crippen LogP contribution in [0.25, 0.3) is 0 Å². The number of aromatic nitrogens is 5. The third-order valence-corrected chi connectivity index (χ3v) is 3.72. The maximum absolute atomic E-state index is 11.1. The monoisotopic (exact) mass is 305 g/mol. The van der Waals surface area contributed by atoms with Crippen molar-refractivity contribution in [3.63, 3.8) is 0 Å². The molecular weight excluding hydrogens is 286 g/mol. The lowest BCUT2D eigenvalue weighted by Crippen LogP contribution is -2.37. The number of nitrogens with zero attached hydrogens (tertiary/aromatic N) is 6. The zero-order valence-electron chi connectivity index (χ0n) is 12.6. The third kappa shape index (κ3) is 2.78. The van der Waals surface area contributed by atoms with Crippen molar-refractivity contribution in [1.82, 2.24) is 24.9 Å². The van der Waals surface area contributed by atoms with Gasteiger partial charge in [0.25, 0.3) is 5.91 Å². The Morgan fingerprint density at radius 1 is 1.50 bits per heavy atom. The molecule has 1 unspecified atom stereocenters. The van der Waals surface area contributed by atoms with E-state index in [1.807, 2.05) is 18.7 Å². The standard InChI is InChI=1S/C13H19N7O2/c1-8(2)11-16-13(22-18-11)19-5-3-4-9(6-19)20-7-15-12(17-20)10(14)21/h7-9H,3-6H2,1-2H3,(H2,14,21). The van der Waals surface area contributed by atoms with Crippen molar-refractivity contribution in [1.29, 1.82) is 0 Å². The summed E-state index contributed by atoms with van der Waals surface area (Å²) in [5.74, 6) is 0.349. The fourth-order valence-electron chi connectivity index (χ4n) is 2.50. The number of carbonyl (C=O) groups is 1. The largest absolute Gasteiger partial charge is 0.363 e. The number of rotatable bonds is 4. The van der Waals surface area contributed by atoms with E-state index in [9.17, 15) is 4.79 Å². The van der Waals surface area contributed by atoms with Crippen molar-refractivity contribution in [2.45, 2.75) is 38.6 Å². The topological polar surface area (TPSA) is 116 Å². The molecule has 1 fully saturated rings. The Morgan fingerprint density at radius 3 is 2.95 bits per heavy atom. The summed E-state index contributed by atoms with van der Waals surface area (Å²) in [4.78, 5) is 21.5. The van der Waals surface area contributed by atoms with E-state index < -0.39 is 5.91 Å². The molecule has 9 heteroatoms. The molecule has 1 saturated heterocycles. The minimum atomic E-state index is -0.620. The van der Waals surface area contributed by atoms with Crippen LogP contribution in [0.15, 0.2) is 10.9 Å². The highest BCUT2D eigenvalue weighted by atomic mass is 16.5. The average Bonchev–Trinajstić information content (AvgIpc) is 3.17. The molecule has 2 aromatic heterocycles. The Labute approximate surface area is 127 Å². The highest BCUT2D eigenvalue weighted by Gasteiger charge is 2.26. The van der Waals surface area contributed by atoms with Crippen LogP contribution in [0.4, 0.5) is 6.01 Å². The van der Waals surface area contributed by atoms with Gasteiger partial charge in [-0.3, -0.25) is 4.79 Å². The molecule has 0 saturated carbocycles. The maximum Gasteiger partial charge on any atom is 0.324 e. The van der Waals surface area contributed by atoms with Crippen LogP contribution in [0.3, 0.4) is 0 Å². The quantitative estimate of drug-likeness (QED) is 0.884. The maximum atomic E-state index is 11.1. The number of carbonyl (C=O) groups excluding carboxylic acids is 1. The summed E-state index contributed by atoms with van der Waals surface area (Å²) in [6.45, 7) is 5.58. The van der Waals surface area contributed by atoms with Crippen molar-refractivity contribution in [2.75, 3.05) is 18.0 Å². The number of anilines is 1. The van der Waals surface area contributed by atoms with Gasteiger partial charge in [0.1, 0.15) is 6.33 Å². The van der Waals surface area contributed by atoms with E-state index in [4.69, 9.17) is 10.3 Å². The van der Waals surface area contributed by atoms with Crippen molar-refractivity contribution >= 4 is 11.9 Å². The number of primary amides is 1. The van der Waals surface area contributed by atoms with Crippen LogP contribution >= 0.6 is 0 Å². The fraction of sp³-hybridized carbons (Fsp3) is 0.615. The zero-order chi connectivity index (χ0) is 15.7. The smallest absolute Gasteiger partial charge is 0.324 e. The molecule has 1 atom stereocenters. The van der Waals surface area contributed by atoms with Crippen LogP contribution in [-0.4, -0.2) is 43.9 Å². The lowest BCUT2D eigenvalue weighted by Gasteiger charge is -2.30. The van der Waals surface area contributed by atoms with Gasteiger partial charge < -0.3 is 15.2 Å². The van der Waals surface area contributed by atoms with E-state index in [0.717, 1.165) is 19.4 Å². The van der Waals surface area contributed by atoms with Gasteiger partial charge in [-0.25, -0.2) is 9.67 Å². The predicted octanol–water partition coefficient (Wildman–Crippen LogP) is 0.725. The van der Waals surface area contributed by atoms with E-state index in [-0.39, 0.29) is 17.8 Å². The number of piperidine rings is 1.